The number of benzene rings is 2. The van der Waals surface area contributed by atoms with Gasteiger partial charge in [0.15, 0.2) is 12.4 Å². The number of rotatable bonds is 4. The minimum atomic E-state index is -4.50. The largest absolute Gasteiger partial charge is 0.481 e. The lowest BCUT2D eigenvalue weighted by molar-refractivity contribution is -0.137. The summed E-state index contributed by atoms with van der Waals surface area (Å²) in [7, 11) is 0. The van der Waals surface area contributed by atoms with E-state index in [1.54, 1.807) is 13.8 Å². The smallest absolute Gasteiger partial charge is 0.416 e. The molecule has 0 aromatic heterocycles. The van der Waals surface area contributed by atoms with Crippen molar-refractivity contribution in [2.45, 2.75) is 20.0 Å². The summed E-state index contributed by atoms with van der Waals surface area (Å²) in [5, 5.41) is 3.05. The third kappa shape index (κ3) is 4.55. The lowest BCUT2D eigenvalue weighted by atomic mass is 10.1. The van der Waals surface area contributed by atoms with Crippen LogP contribution in [0.5, 0.6) is 5.75 Å². The third-order valence-corrected chi connectivity index (χ3v) is 5.01. The Hall–Kier alpha value is -1.63. The fourth-order valence-corrected chi connectivity index (χ4v) is 2.97. The number of hydrogen-bond acceptors (Lipinski definition) is 2. The monoisotopic (exact) mass is 425 g/mol. The minimum absolute atomic E-state index is 0.00548. The van der Waals surface area contributed by atoms with E-state index in [-0.39, 0.29) is 21.5 Å². The quantitative estimate of drug-likeness (QED) is 0.623. The lowest BCUT2D eigenvalue weighted by Crippen LogP contribution is -2.21. The van der Waals surface area contributed by atoms with Gasteiger partial charge in [-0.1, -0.05) is 40.9 Å². The summed E-state index contributed by atoms with van der Waals surface area (Å²) in [6, 6.07) is 4.27. The normalized spacial score (nSPS) is 11.4. The lowest BCUT2D eigenvalue weighted by Gasteiger charge is -2.15. The zero-order valence-corrected chi connectivity index (χ0v) is 15.9. The predicted molar refractivity (Wildman–Crippen MR) is 96.5 cm³/mol. The highest BCUT2D eigenvalue weighted by Crippen LogP contribution is 2.42. The van der Waals surface area contributed by atoms with Crippen LogP contribution in [0.4, 0.5) is 18.9 Å². The molecular formula is C17H13Cl3F3NO2. The maximum atomic E-state index is 12.7. The number of anilines is 1. The van der Waals surface area contributed by atoms with Crippen molar-refractivity contribution >= 4 is 46.4 Å². The van der Waals surface area contributed by atoms with Crippen LogP contribution in [0, 0.1) is 13.8 Å². The standard InChI is InChI=1S/C17H13Cl3F3NO2/c1-8-13(18)9(2)15(20)16(14(8)19)26-7-12(25)24-11-5-3-4-10(6-11)17(21,22)23/h3-6H,7H2,1-2H3,(H,24,25). The highest BCUT2D eigenvalue weighted by molar-refractivity contribution is 6.42. The van der Waals surface area contributed by atoms with E-state index in [9.17, 15) is 18.0 Å². The average Bonchev–Trinajstić information content (AvgIpc) is 2.57. The summed E-state index contributed by atoms with van der Waals surface area (Å²) < 4.78 is 43.4. The van der Waals surface area contributed by atoms with Crippen LogP contribution in [-0.4, -0.2) is 12.5 Å². The van der Waals surface area contributed by atoms with Crippen LogP contribution < -0.4 is 10.1 Å². The first-order valence-electron chi connectivity index (χ1n) is 7.26. The Kier molecular flexibility index (Phi) is 6.32. The molecule has 0 radical (unpaired) electrons. The highest BCUT2D eigenvalue weighted by atomic mass is 35.5. The molecule has 0 aliphatic carbocycles. The second kappa shape index (κ2) is 7.94. The average molecular weight is 427 g/mol. The zero-order chi connectivity index (χ0) is 19.6. The second-order valence-electron chi connectivity index (χ2n) is 5.44. The molecule has 3 nitrogen and oxygen atoms in total. The molecule has 1 amide bonds. The number of nitrogens with one attached hydrogen (secondary N) is 1. The van der Waals surface area contributed by atoms with Crippen molar-refractivity contribution in [3.8, 4) is 5.75 Å². The van der Waals surface area contributed by atoms with Gasteiger partial charge in [-0.2, -0.15) is 13.2 Å². The van der Waals surface area contributed by atoms with E-state index in [1.165, 1.54) is 12.1 Å². The molecule has 0 saturated carbocycles. The van der Waals surface area contributed by atoms with Crippen molar-refractivity contribution in [1.29, 1.82) is 0 Å². The Labute approximate surface area is 163 Å². The molecule has 2 aromatic carbocycles. The first kappa shape index (κ1) is 20.7. The Bertz CT molecular complexity index is 825. The van der Waals surface area contributed by atoms with Gasteiger partial charge in [0, 0.05) is 10.7 Å². The molecule has 0 unspecified atom stereocenters. The van der Waals surface area contributed by atoms with Gasteiger partial charge in [0.2, 0.25) is 0 Å². The molecule has 9 heteroatoms. The van der Waals surface area contributed by atoms with E-state index in [4.69, 9.17) is 39.5 Å². The first-order valence-corrected chi connectivity index (χ1v) is 8.39. The van der Waals surface area contributed by atoms with Gasteiger partial charge in [-0.05, 0) is 43.2 Å². The molecule has 0 spiro atoms. The maximum absolute atomic E-state index is 12.7. The van der Waals surface area contributed by atoms with Crippen molar-refractivity contribution in [3.05, 3.63) is 56.0 Å². The fraction of sp³-hybridized carbons (Fsp3) is 0.235. The molecule has 0 bridgehead atoms. The summed E-state index contributed by atoms with van der Waals surface area (Å²) in [6.45, 7) is 2.85. The van der Waals surface area contributed by atoms with Gasteiger partial charge in [0.1, 0.15) is 0 Å². The summed E-state index contributed by atoms with van der Waals surface area (Å²) >= 11 is 18.4. The van der Waals surface area contributed by atoms with Crippen LogP contribution >= 0.6 is 34.8 Å². The molecule has 0 aliphatic rings. The van der Waals surface area contributed by atoms with Crippen molar-refractivity contribution in [2.75, 3.05) is 11.9 Å². The number of carbonyl (C=O) groups is 1. The molecule has 0 atom stereocenters. The van der Waals surface area contributed by atoms with E-state index < -0.39 is 24.3 Å². The molecule has 0 saturated heterocycles. The Morgan fingerprint density at radius 2 is 1.65 bits per heavy atom. The predicted octanol–water partition coefficient (Wildman–Crippen LogP) is 6.30. The number of ether oxygens (including phenoxy) is 1. The maximum Gasteiger partial charge on any atom is 0.416 e. The molecule has 140 valence electrons. The van der Waals surface area contributed by atoms with Gasteiger partial charge in [-0.25, -0.2) is 0 Å². The van der Waals surface area contributed by atoms with Crippen LogP contribution in [0.1, 0.15) is 16.7 Å². The van der Waals surface area contributed by atoms with Crippen molar-refractivity contribution in [3.63, 3.8) is 0 Å². The Balaban J connectivity index is 2.11. The van der Waals surface area contributed by atoms with E-state index >= 15 is 0 Å². The van der Waals surface area contributed by atoms with E-state index in [0.717, 1.165) is 12.1 Å². The van der Waals surface area contributed by atoms with Crippen LogP contribution in [0.25, 0.3) is 0 Å². The molecule has 2 rings (SSSR count). The second-order valence-corrected chi connectivity index (χ2v) is 6.57. The number of hydrogen-bond donors (Lipinski definition) is 1. The Morgan fingerprint density at radius 1 is 1.08 bits per heavy atom. The van der Waals surface area contributed by atoms with E-state index in [1.807, 2.05) is 0 Å². The van der Waals surface area contributed by atoms with Crippen molar-refractivity contribution in [1.82, 2.24) is 0 Å². The van der Waals surface area contributed by atoms with Gasteiger partial charge < -0.3 is 10.1 Å². The molecular weight excluding hydrogens is 414 g/mol. The van der Waals surface area contributed by atoms with Crippen LogP contribution in [-0.2, 0) is 11.0 Å². The van der Waals surface area contributed by atoms with Gasteiger partial charge >= 0.3 is 6.18 Å². The molecule has 0 fully saturated rings. The highest BCUT2D eigenvalue weighted by Gasteiger charge is 2.30. The SMILES string of the molecule is Cc1c(Cl)c(C)c(Cl)c(OCC(=O)Nc2cccc(C(F)(F)F)c2)c1Cl. The van der Waals surface area contributed by atoms with Crippen LogP contribution in [0.3, 0.4) is 0 Å². The third-order valence-electron chi connectivity index (χ3n) is 3.54. The summed E-state index contributed by atoms with van der Waals surface area (Å²) in [6.07, 6.45) is -4.50. The number of carbonyl (C=O) groups excluding carboxylic acids is 1. The first-order chi connectivity index (χ1) is 12.0. The topological polar surface area (TPSA) is 38.3 Å². The molecule has 26 heavy (non-hydrogen) atoms. The van der Waals surface area contributed by atoms with Crippen LogP contribution in [0.15, 0.2) is 24.3 Å². The fourth-order valence-electron chi connectivity index (χ4n) is 2.15. The van der Waals surface area contributed by atoms with Gasteiger partial charge in [0.05, 0.1) is 15.6 Å². The zero-order valence-electron chi connectivity index (χ0n) is 13.6. The molecule has 1 N–H and O–H groups in total. The minimum Gasteiger partial charge on any atom is -0.481 e. The van der Waals surface area contributed by atoms with Crippen molar-refractivity contribution < 1.29 is 22.7 Å². The van der Waals surface area contributed by atoms with E-state index in [0.29, 0.717) is 16.1 Å². The van der Waals surface area contributed by atoms with E-state index in [2.05, 4.69) is 5.32 Å². The number of amides is 1. The van der Waals surface area contributed by atoms with Crippen molar-refractivity contribution in [2.24, 2.45) is 0 Å². The summed E-state index contributed by atoms with van der Waals surface area (Å²) in [4.78, 5) is 12.0. The van der Waals surface area contributed by atoms with Crippen LogP contribution in [0.2, 0.25) is 15.1 Å². The number of alkyl halides is 3. The summed E-state index contributed by atoms with van der Waals surface area (Å²) in [5.41, 5.74) is 0.215. The number of halogens is 6. The summed E-state index contributed by atoms with van der Waals surface area (Å²) in [5.74, 6) is -0.575. The Morgan fingerprint density at radius 3 is 2.19 bits per heavy atom. The molecule has 0 aliphatic heterocycles. The van der Waals surface area contributed by atoms with Gasteiger partial charge in [-0.15, -0.1) is 0 Å². The van der Waals surface area contributed by atoms with Gasteiger partial charge in [-0.3, -0.25) is 4.79 Å². The van der Waals surface area contributed by atoms with Gasteiger partial charge in [0.25, 0.3) is 5.91 Å². The molecule has 2 aromatic rings. The molecule has 0 heterocycles.